The van der Waals surface area contributed by atoms with E-state index in [2.05, 4.69) is 4.72 Å². The van der Waals surface area contributed by atoms with Gasteiger partial charge in [-0.2, -0.15) is 17.4 Å². The first-order valence-electron chi connectivity index (χ1n) is 6.18. The highest BCUT2D eigenvalue weighted by molar-refractivity contribution is 7.87. The minimum absolute atomic E-state index is 0.0124. The molecule has 0 unspecified atom stereocenters. The fraction of sp³-hybridized carbons (Fsp3) is 1.00. The molecule has 0 heterocycles. The average Bonchev–Trinajstić information content (AvgIpc) is 2.14. The highest BCUT2D eigenvalue weighted by Crippen LogP contribution is 2.14. The van der Waals surface area contributed by atoms with Gasteiger partial charge in [-0.25, -0.2) is 0 Å². The lowest BCUT2D eigenvalue weighted by Crippen LogP contribution is -2.53. The van der Waals surface area contributed by atoms with E-state index in [0.29, 0.717) is 13.1 Å². The maximum Gasteiger partial charge on any atom is 0.280 e. The van der Waals surface area contributed by atoms with E-state index < -0.39 is 15.7 Å². The van der Waals surface area contributed by atoms with Crippen molar-refractivity contribution in [1.82, 2.24) is 9.03 Å². The monoisotopic (exact) mass is 265 g/mol. The van der Waals surface area contributed by atoms with Gasteiger partial charge in [0.05, 0.1) is 0 Å². The summed E-state index contributed by atoms with van der Waals surface area (Å²) in [5.41, 5.74) is 5.03. The third-order valence-electron chi connectivity index (χ3n) is 2.44. The first kappa shape index (κ1) is 16.8. The summed E-state index contributed by atoms with van der Waals surface area (Å²) in [5.74, 6) is 0. The van der Waals surface area contributed by atoms with Crippen molar-refractivity contribution in [2.45, 2.75) is 59.0 Å². The van der Waals surface area contributed by atoms with Gasteiger partial charge < -0.3 is 5.73 Å². The number of hydrogen-bond donors (Lipinski definition) is 2. The number of nitrogens with two attached hydrogens (primary N) is 1. The van der Waals surface area contributed by atoms with Gasteiger partial charge in [0, 0.05) is 24.7 Å². The van der Waals surface area contributed by atoms with Gasteiger partial charge in [0.25, 0.3) is 10.2 Å². The van der Waals surface area contributed by atoms with Gasteiger partial charge in [-0.3, -0.25) is 0 Å². The molecule has 0 aromatic heterocycles. The smallest absolute Gasteiger partial charge is 0.280 e. The number of nitrogens with one attached hydrogen (secondary N) is 1. The molecule has 0 atom stereocenters. The van der Waals surface area contributed by atoms with Crippen LogP contribution in [0.15, 0.2) is 0 Å². The van der Waals surface area contributed by atoms with Crippen LogP contribution < -0.4 is 10.5 Å². The Balaban J connectivity index is 5.03. The minimum atomic E-state index is -3.46. The molecule has 0 radical (unpaired) electrons. The topological polar surface area (TPSA) is 75.4 Å². The number of hydrogen-bond acceptors (Lipinski definition) is 3. The molecule has 17 heavy (non-hydrogen) atoms. The van der Waals surface area contributed by atoms with Gasteiger partial charge in [0.1, 0.15) is 0 Å². The summed E-state index contributed by atoms with van der Waals surface area (Å²) in [6.45, 7) is 10.2. The predicted molar refractivity (Wildman–Crippen MR) is 71.9 cm³/mol. The second-order valence-electron chi connectivity index (χ2n) is 5.23. The summed E-state index contributed by atoms with van der Waals surface area (Å²) >= 11 is 0. The molecule has 0 aliphatic carbocycles. The van der Waals surface area contributed by atoms with Crippen molar-refractivity contribution in [3.05, 3.63) is 0 Å². The number of rotatable bonds is 7. The SMILES string of the molecule is CCC(CC)N(CCN)S(=O)(=O)NC(C)(C)C. The van der Waals surface area contributed by atoms with Crippen molar-refractivity contribution in [3.63, 3.8) is 0 Å². The Bertz CT molecular complexity index is 305. The molecule has 0 saturated carbocycles. The van der Waals surface area contributed by atoms with Crippen LogP contribution in [0.2, 0.25) is 0 Å². The van der Waals surface area contributed by atoms with Gasteiger partial charge in [-0.1, -0.05) is 13.8 Å². The highest BCUT2D eigenvalue weighted by atomic mass is 32.2. The van der Waals surface area contributed by atoms with Crippen molar-refractivity contribution in [2.75, 3.05) is 13.1 Å². The van der Waals surface area contributed by atoms with E-state index in [4.69, 9.17) is 5.73 Å². The highest BCUT2D eigenvalue weighted by Gasteiger charge is 2.30. The Morgan fingerprint density at radius 1 is 1.24 bits per heavy atom. The standard InChI is InChI=1S/C11H27N3O2S/c1-6-10(7-2)14(9-8-12)17(15,16)13-11(3,4)5/h10,13H,6-9,12H2,1-5H3. The van der Waals surface area contributed by atoms with Crippen LogP contribution in [0.25, 0.3) is 0 Å². The van der Waals surface area contributed by atoms with E-state index in [-0.39, 0.29) is 6.04 Å². The normalized spacial score (nSPS) is 13.6. The molecule has 104 valence electrons. The van der Waals surface area contributed by atoms with Gasteiger partial charge in [-0.05, 0) is 33.6 Å². The fourth-order valence-corrected chi connectivity index (χ4v) is 3.70. The molecule has 0 bridgehead atoms. The van der Waals surface area contributed by atoms with E-state index >= 15 is 0 Å². The predicted octanol–water partition coefficient (Wildman–Crippen LogP) is 1.07. The van der Waals surface area contributed by atoms with Crippen molar-refractivity contribution in [1.29, 1.82) is 0 Å². The van der Waals surface area contributed by atoms with Gasteiger partial charge in [-0.15, -0.1) is 0 Å². The number of nitrogens with zero attached hydrogens (tertiary/aromatic N) is 1. The van der Waals surface area contributed by atoms with Crippen LogP contribution in [0.3, 0.4) is 0 Å². The maximum absolute atomic E-state index is 12.3. The lowest BCUT2D eigenvalue weighted by atomic mass is 10.1. The summed E-state index contributed by atoms with van der Waals surface area (Å²) in [7, 11) is -3.46. The van der Waals surface area contributed by atoms with Crippen LogP contribution in [0.1, 0.15) is 47.5 Å². The molecular formula is C11H27N3O2S. The van der Waals surface area contributed by atoms with Crippen molar-refractivity contribution in [3.8, 4) is 0 Å². The lowest BCUT2D eigenvalue weighted by Gasteiger charge is -2.32. The van der Waals surface area contributed by atoms with Crippen molar-refractivity contribution < 1.29 is 8.42 Å². The van der Waals surface area contributed by atoms with Crippen LogP contribution in [-0.4, -0.2) is 37.4 Å². The minimum Gasteiger partial charge on any atom is -0.329 e. The summed E-state index contributed by atoms with van der Waals surface area (Å²) in [6.07, 6.45) is 1.59. The first-order chi connectivity index (χ1) is 7.68. The Hall–Kier alpha value is -0.170. The van der Waals surface area contributed by atoms with E-state index in [1.54, 1.807) is 0 Å². The van der Waals surface area contributed by atoms with Gasteiger partial charge >= 0.3 is 0 Å². The molecule has 0 aliphatic heterocycles. The van der Waals surface area contributed by atoms with E-state index in [1.807, 2.05) is 34.6 Å². The molecule has 0 rings (SSSR count). The molecule has 0 fully saturated rings. The zero-order valence-corrected chi connectivity index (χ0v) is 12.5. The maximum atomic E-state index is 12.3. The molecule has 3 N–H and O–H groups in total. The quantitative estimate of drug-likeness (QED) is 0.723. The molecule has 0 aromatic rings. The lowest BCUT2D eigenvalue weighted by molar-refractivity contribution is 0.298. The summed E-state index contributed by atoms with van der Waals surface area (Å²) < 4.78 is 28.7. The summed E-state index contributed by atoms with van der Waals surface area (Å²) in [5, 5.41) is 0. The largest absolute Gasteiger partial charge is 0.329 e. The van der Waals surface area contributed by atoms with Crippen molar-refractivity contribution >= 4 is 10.2 Å². The van der Waals surface area contributed by atoms with E-state index in [1.165, 1.54) is 4.31 Å². The third kappa shape index (κ3) is 5.81. The fourth-order valence-electron chi connectivity index (χ4n) is 1.77. The summed E-state index contributed by atoms with van der Waals surface area (Å²) in [6, 6.07) is 0.0124. The molecule has 0 aliphatic rings. The second kappa shape index (κ2) is 6.68. The third-order valence-corrected chi connectivity index (χ3v) is 4.41. The van der Waals surface area contributed by atoms with Crippen LogP contribution in [0, 0.1) is 0 Å². The molecule has 0 saturated heterocycles. The Kier molecular flexibility index (Phi) is 6.61. The van der Waals surface area contributed by atoms with Gasteiger partial charge in [0.15, 0.2) is 0 Å². The van der Waals surface area contributed by atoms with Crippen molar-refractivity contribution in [2.24, 2.45) is 5.73 Å². The zero-order chi connectivity index (χ0) is 13.7. The van der Waals surface area contributed by atoms with Crippen LogP contribution in [0.4, 0.5) is 0 Å². The van der Waals surface area contributed by atoms with E-state index in [9.17, 15) is 8.42 Å². The molecule has 0 spiro atoms. The van der Waals surface area contributed by atoms with Crippen LogP contribution in [-0.2, 0) is 10.2 Å². The molecule has 6 heteroatoms. The van der Waals surface area contributed by atoms with Crippen LogP contribution in [0.5, 0.6) is 0 Å². The Labute approximate surface area is 106 Å². The zero-order valence-electron chi connectivity index (χ0n) is 11.7. The first-order valence-corrected chi connectivity index (χ1v) is 7.62. The Morgan fingerprint density at radius 3 is 2.00 bits per heavy atom. The Morgan fingerprint density at radius 2 is 1.71 bits per heavy atom. The van der Waals surface area contributed by atoms with Gasteiger partial charge in [0.2, 0.25) is 0 Å². The molecule has 5 nitrogen and oxygen atoms in total. The second-order valence-corrected chi connectivity index (χ2v) is 6.85. The summed E-state index contributed by atoms with van der Waals surface area (Å²) in [4.78, 5) is 0. The van der Waals surface area contributed by atoms with Crippen LogP contribution >= 0.6 is 0 Å². The average molecular weight is 265 g/mol. The molecular weight excluding hydrogens is 238 g/mol. The molecule has 0 aromatic carbocycles. The van der Waals surface area contributed by atoms with E-state index in [0.717, 1.165) is 12.8 Å². The molecule has 0 amide bonds.